The first kappa shape index (κ1) is 19.2. The lowest BCUT2D eigenvalue weighted by molar-refractivity contribution is -0.133. The van der Waals surface area contributed by atoms with Crippen LogP contribution in [0.1, 0.15) is 31.9 Å². The first-order chi connectivity index (χ1) is 13.3. The molecule has 0 unspecified atom stereocenters. The van der Waals surface area contributed by atoms with Gasteiger partial charge in [0.1, 0.15) is 29.6 Å². The van der Waals surface area contributed by atoms with E-state index in [-0.39, 0.29) is 18.1 Å². The van der Waals surface area contributed by atoms with Crippen LogP contribution in [0.25, 0.3) is 11.6 Å². The van der Waals surface area contributed by atoms with E-state index in [1.165, 1.54) is 26.8 Å². The van der Waals surface area contributed by atoms with Crippen LogP contribution in [0.15, 0.2) is 36.4 Å². The molecule has 7 nitrogen and oxygen atoms in total. The maximum atomic E-state index is 11.5. The fourth-order valence-electron chi connectivity index (χ4n) is 2.74. The van der Waals surface area contributed by atoms with Crippen molar-refractivity contribution in [1.29, 1.82) is 0 Å². The molecule has 1 heterocycles. The highest BCUT2D eigenvalue weighted by molar-refractivity contribution is 5.89. The molecule has 144 valence electrons. The largest absolute Gasteiger partial charge is 0.488 e. The van der Waals surface area contributed by atoms with E-state index in [4.69, 9.17) is 18.9 Å². The van der Waals surface area contributed by atoms with E-state index in [2.05, 4.69) is 0 Å². The molecule has 1 aliphatic rings. The maximum Gasteiger partial charge on any atom is 0.308 e. The molecule has 7 heteroatoms. The Kier molecular flexibility index (Phi) is 5.44. The first-order valence-corrected chi connectivity index (χ1v) is 8.49. The Morgan fingerprint density at radius 2 is 1.43 bits per heavy atom. The fraction of sp³-hybridized carbons (Fsp3) is 0.190. The third kappa shape index (κ3) is 4.56. The minimum Gasteiger partial charge on any atom is -0.488 e. The Balaban J connectivity index is 1.97. The number of benzene rings is 2. The summed E-state index contributed by atoms with van der Waals surface area (Å²) in [5.41, 5.74) is 2.27. The summed E-state index contributed by atoms with van der Waals surface area (Å²) in [5.74, 6) is -0.0467. The van der Waals surface area contributed by atoms with Crippen molar-refractivity contribution in [3.05, 3.63) is 47.5 Å². The lowest BCUT2D eigenvalue weighted by Gasteiger charge is -2.21. The zero-order valence-corrected chi connectivity index (χ0v) is 15.6. The molecule has 0 aliphatic carbocycles. The molecule has 0 radical (unpaired) electrons. The first-order valence-electron chi connectivity index (χ1n) is 8.49. The zero-order chi connectivity index (χ0) is 20.3. The van der Waals surface area contributed by atoms with Gasteiger partial charge >= 0.3 is 17.9 Å². The summed E-state index contributed by atoms with van der Waals surface area (Å²) in [7, 11) is 0. The van der Waals surface area contributed by atoms with Crippen LogP contribution in [-0.4, -0.2) is 24.5 Å². The quantitative estimate of drug-likeness (QED) is 0.591. The number of hydrogen-bond donors (Lipinski definition) is 0. The summed E-state index contributed by atoms with van der Waals surface area (Å²) in [6.07, 6.45) is 1.84. The average Bonchev–Trinajstić information content (AvgIpc) is 2.60. The summed E-state index contributed by atoms with van der Waals surface area (Å²) in [5, 5.41) is 0. The van der Waals surface area contributed by atoms with Crippen molar-refractivity contribution in [3.63, 3.8) is 0 Å². The summed E-state index contributed by atoms with van der Waals surface area (Å²) in [4.78, 5) is 33.7. The van der Waals surface area contributed by atoms with Gasteiger partial charge in [-0.3, -0.25) is 14.4 Å². The van der Waals surface area contributed by atoms with Gasteiger partial charge in [0.2, 0.25) is 0 Å². The van der Waals surface area contributed by atoms with Gasteiger partial charge in [-0.05, 0) is 29.3 Å². The van der Waals surface area contributed by atoms with Crippen molar-refractivity contribution in [2.24, 2.45) is 0 Å². The zero-order valence-electron chi connectivity index (χ0n) is 15.6. The third-order valence-electron chi connectivity index (χ3n) is 3.78. The van der Waals surface area contributed by atoms with Crippen molar-refractivity contribution in [3.8, 4) is 23.0 Å². The van der Waals surface area contributed by atoms with E-state index in [0.717, 1.165) is 11.1 Å². The van der Waals surface area contributed by atoms with Gasteiger partial charge in [-0.2, -0.15) is 0 Å². The van der Waals surface area contributed by atoms with Crippen LogP contribution < -0.4 is 18.9 Å². The number of carbonyl (C=O) groups excluding carboxylic acids is 3. The number of hydrogen-bond acceptors (Lipinski definition) is 7. The molecular formula is C21H18O7. The fourth-order valence-corrected chi connectivity index (χ4v) is 2.74. The highest BCUT2D eigenvalue weighted by Gasteiger charge is 2.20. The minimum atomic E-state index is -0.506. The van der Waals surface area contributed by atoms with Gasteiger partial charge in [0.15, 0.2) is 0 Å². The summed E-state index contributed by atoms with van der Waals surface area (Å²) < 4.78 is 21.2. The lowest BCUT2D eigenvalue weighted by atomic mass is 10.00. The number of fused-ring (bicyclic) bond motifs is 1. The summed E-state index contributed by atoms with van der Waals surface area (Å²) >= 11 is 0. The van der Waals surface area contributed by atoms with Crippen molar-refractivity contribution >= 4 is 29.6 Å². The molecule has 0 N–H and O–H groups in total. The molecule has 2 aromatic carbocycles. The van der Waals surface area contributed by atoms with Gasteiger partial charge in [-0.1, -0.05) is 12.1 Å². The van der Waals surface area contributed by atoms with Crippen molar-refractivity contribution < 1.29 is 33.3 Å². The molecule has 3 rings (SSSR count). The van der Waals surface area contributed by atoms with E-state index in [0.29, 0.717) is 17.1 Å². The second-order valence-corrected chi connectivity index (χ2v) is 6.10. The molecular weight excluding hydrogens is 364 g/mol. The molecule has 0 bridgehead atoms. The molecule has 2 aromatic rings. The van der Waals surface area contributed by atoms with Gasteiger partial charge in [-0.15, -0.1) is 0 Å². The van der Waals surface area contributed by atoms with Crippen LogP contribution in [0, 0.1) is 0 Å². The predicted molar refractivity (Wildman–Crippen MR) is 100 cm³/mol. The van der Waals surface area contributed by atoms with E-state index >= 15 is 0 Å². The molecule has 0 atom stereocenters. The van der Waals surface area contributed by atoms with Gasteiger partial charge in [0.25, 0.3) is 0 Å². The van der Waals surface area contributed by atoms with Gasteiger partial charge in [-0.25, -0.2) is 0 Å². The Labute approximate surface area is 161 Å². The number of rotatable bonds is 4. The summed E-state index contributed by atoms with van der Waals surface area (Å²) in [6, 6.07) is 10.0. The SMILES string of the molecule is CC(=O)Oc1ccc(C2=Cc3c(cc(OC(C)=O)cc3OC(C)=O)OC2)cc1. The molecule has 0 fully saturated rings. The topological polar surface area (TPSA) is 88.1 Å². The van der Waals surface area contributed by atoms with Crippen molar-refractivity contribution in [2.45, 2.75) is 20.8 Å². The average molecular weight is 382 g/mol. The van der Waals surface area contributed by atoms with E-state index in [9.17, 15) is 14.4 Å². The Morgan fingerprint density at radius 3 is 2.04 bits per heavy atom. The predicted octanol–water partition coefficient (Wildman–Crippen LogP) is 3.40. The third-order valence-corrected chi connectivity index (χ3v) is 3.78. The summed E-state index contributed by atoms with van der Waals surface area (Å²) in [6.45, 7) is 4.17. The van der Waals surface area contributed by atoms with Gasteiger partial charge < -0.3 is 18.9 Å². The van der Waals surface area contributed by atoms with Gasteiger partial charge in [0, 0.05) is 32.9 Å². The van der Waals surface area contributed by atoms with Crippen molar-refractivity contribution in [1.82, 2.24) is 0 Å². The molecule has 1 aliphatic heterocycles. The number of esters is 3. The Morgan fingerprint density at radius 1 is 0.821 bits per heavy atom. The second-order valence-electron chi connectivity index (χ2n) is 6.10. The molecule has 0 aromatic heterocycles. The smallest absolute Gasteiger partial charge is 0.308 e. The lowest BCUT2D eigenvalue weighted by Crippen LogP contribution is -2.11. The van der Waals surface area contributed by atoms with Crippen LogP contribution in [0.3, 0.4) is 0 Å². The monoisotopic (exact) mass is 382 g/mol. The molecule has 0 amide bonds. The molecule has 0 spiro atoms. The molecule has 0 saturated carbocycles. The number of carbonyl (C=O) groups is 3. The standard InChI is InChI=1S/C21H18O7/c1-12(22)26-17-6-4-15(5-7-17)16-8-19-20(25-11-16)9-18(27-13(2)23)10-21(19)28-14(3)24/h4-10H,11H2,1-3H3. The molecule has 28 heavy (non-hydrogen) atoms. The van der Waals surface area contributed by atoms with E-state index in [1.54, 1.807) is 30.3 Å². The molecule has 0 saturated heterocycles. The Hall–Kier alpha value is -3.61. The van der Waals surface area contributed by atoms with E-state index in [1.807, 2.05) is 6.08 Å². The van der Waals surface area contributed by atoms with E-state index < -0.39 is 17.9 Å². The van der Waals surface area contributed by atoms with Crippen LogP contribution in [0.2, 0.25) is 0 Å². The highest BCUT2D eigenvalue weighted by atomic mass is 16.5. The van der Waals surface area contributed by atoms with Crippen LogP contribution in [-0.2, 0) is 14.4 Å². The Bertz CT molecular complexity index is 971. The van der Waals surface area contributed by atoms with Gasteiger partial charge in [0.05, 0.1) is 5.56 Å². The second kappa shape index (κ2) is 7.96. The van der Waals surface area contributed by atoms with Crippen molar-refractivity contribution in [2.75, 3.05) is 6.61 Å². The highest BCUT2D eigenvalue weighted by Crippen LogP contribution is 2.40. The van der Waals surface area contributed by atoms with Crippen LogP contribution >= 0.6 is 0 Å². The van der Waals surface area contributed by atoms with Crippen LogP contribution in [0.4, 0.5) is 0 Å². The maximum absolute atomic E-state index is 11.5. The van der Waals surface area contributed by atoms with Crippen LogP contribution in [0.5, 0.6) is 23.0 Å². The minimum absolute atomic E-state index is 0.227. The number of ether oxygens (including phenoxy) is 4. The normalized spacial score (nSPS) is 12.2.